The molecule has 4 rings (SSSR count). The van der Waals surface area contributed by atoms with Crippen LogP contribution in [0.1, 0.15) is 44.2 Å². The summed E-state index contributed by atoms with van der Waals surface area (Å²) >= 11 is 0. The molecule has 1 saturated heterocycles. The SMILES string of the molecule is Cc1ccnc(NC(=O)CN2C(=O)C(C)(C)c3cc(S(=O)(=O)N4CCCCC4)ccc32)c1. The first kappa shape index (κ1) is 22.4. The number of nitrogens with zero attached hydrogens (tertiary/aromatic N) is 3. The second-order valence-electron chi connectivity index (χ2n) is 8.93. The van der Waals surface area contributed by atoms with Gasteiger partial charge < -0.3 is 10.2 Å². The smallest absolute Gasteiger partial charge is 0.245 e. The van der Waals surface area contributed by atoms with Crippen LogP contribution >= 0.6 is 0 Å². The molecule has 3 heterocycles. The Hall–Kier alpha value is -2.78. The molecule has 170 valence electrons. The molecule has 0 unspecified atom stereocenters. The third-order valence-electron chi connectivity index (χ3n) is 6.15. The van der Waals surface area contributed by atoms with Crippen molar-refractivity contribution in [3.05, 3.63) is 47.7 Å². The van der Waals surface area contributed by atoms with E-state index in [-0.39, 0.29) is 23.3 Å². The number of aryl methyl sites for hydroxylation is 1. The third kappa shape index (κ3) is 4.02. The maximum Gasteiger partial charge on any atom is 0.245 e. The van der Waals surface area contributed by atoms with Crippen LogP contribution in [0.3, 0.4) is 0 Å². The zero-order chi connectivity index (χ0) is 23.1. The van der Waals surface area contributed by atoms with Gasteiger partial charge in [-0.25, -0.2) is 13.4 Å². The van der Waals surface area contributed by atoms with Gasteiger partial charge in [0.25, 0.3) is 0 Å². The average molecular weight is 457 g/mol. The summed E-state index contributed by atoms with van der Waals surface area (Å²) < 4.78 is 27.8. The first-order valence-electron chi connectivity index (χ1n) is 10.8. The minimum Gasteiger partial charge on any atom is -0.309 e. The van der Waals surface area contributed by atoms with Crippen LogP contribution in [-0.2, 0) is 25.0 Å². The van der Waals surface area contributed by atoms with Gasteiger partial charge in [0.1, 0.15) is 12.4 Å². The Morgan fingerprint density at radius 1 is 1.12 bits per heavy atom. The summed E-state index contributed by atoms with van der Waals surface area (Å²) in [6.07, 6.45) is 4.35. The molecule has 1 aromatic heterocycles. The summed E-state index contributed by atoms with van der Waals surface area (Å²) in [6.45, 7) is 6.26. The maximum absolute atomic E-state index is 13.2. The number of anilines is 2. The van der Waals surface area contributed by atoms with Gasteiger partial charge >= 0.3 is 0 Å². The Bertz CT molecular complexity index is 1170. The van der Waals surface area contributed by atoms with Gasteiger partial charge in [-0.05, 0) is 75.1 Å². The molecule has 2 aliphatic rings. The van der Waals surface area contributed by atoms with Gasteiger partial charge in [-0.1, -0.05) is 6.42 Å². The Kier molecular flexibility index (Phi) is 5.81. The van der Waals surface area contributed by atoms with Crippen molar-refractivity contribution in [3.8, 4) is 0 Å². The van der Waals surface area contributed by atoms with Gasteiger partial charge in [0.05, 0.1) is 10.3 Å². The van der Waals surface area contributed by atoms with Crippen molar-refractivity contribution in [1.82, 2.24) is 9.29 Å². The van der Waals surface area contributed by atoms with E-state index in [2.05, 4.69) is 10.3 Å². The fourth-order valence-corrected chi connectivity index (χ4v) is 5.86. The molecule has 9 heteroatoms. The van der Waals surface area contributed by atoms with Crippen molar-refractivity contribution < 1.29 is 18.0 Å². The molecular formula is C23H28N4O4S. The number of hydrogen-bond acceptors (Lipinski definition) is 5. The van der Waals surface area contributed by atoms with Crippen molar-refractivity contribution >= 4 is 33.3 Å². The van der Waals surface area contributed by atoms with Gasteiger partial charge in [-0.2, -0.15) is 4.31 Å². The molecule has 2 aliphatic heterocycles. The van der Waals surface area contributed by atoms with Crippen molar-refractivity contribution in [2.75, 3.05) is 29.9 Å². The molecule has 8 nitrogen and oxygen atoms in total. The minimum absolute atomic E-state index is 0.177. The van der Waals surface area contributed by atoms with Crippen LogP contribution in [0.15, 0.2) is 41.4 Å². The number of sulfonamides is 1. The second kappa shape index (κ2) is 8.29. The van der Waals surface area contributed by atoms with Crippen molar-refractivity contribution in [2.45, 2.75) is 50.3 Å². The number of nitrogens with one attached hydrogen (secondary N) is 1. The summed E-state index contributed by atoms with van der Waals surface area (Å²) in [5, 5.41) is 2.72. The number of hydrogen-bond donors (Lipinski definition) is 1. The van der Waals surface area contributed by atoms with E-state index in [0.29, 0.717) is 30.2 Å². The summed E-state index contributed by atoms with van der Waals surface area (Å²) in [4.78, 5) is 31.5. The first-order valence-corrected chi connectivity index (χ1v) is 12.2. The minimum atomic E-state index is -3.62. The molecule has 1 N–H and O–H groups in total. The number of amides is 2. The number of benzene rings is 1. The topological polar surface area (TPSA) is 99.7 Å². The Morgan fingerprint density at radius 3 is 2.53 bits per heavy atom. The third-order valence-corrected chi connectivity index (χ3v) is 8.04. The number of pyridine rings is 1. The van der Waals surface area contributed by atoms with E-state index >= 15 is 0 Å². The average Bonchev–Trinajstić information content (AvgIpc) is 2.94. The van der Waals surface area contributed by atoms with Gasteiger partial charge in [-0.15, -0.1) is 0 Å². The number of carbonyl (C=O) groups is 2. The molecular weight excluding hydrogens is 428 g/mol. The van der Waals surface area contributed by atoms with E-state index < -0.39 is 15.4 Å². The van der Waals surface area contributed by atoms with E-state index in [1.165, 1.54) is 15.3 Å². The van der Waals surface area contributed by atoms with E-state index in [0.717, 1.165) is 24.8 Å². The zero-order valence-electron chi connectivity index (χ0n) is 18.6. The number of piperidine rings is 1. The molecule has 2 aromatic rings. The fourth-order valence-electron chi connectivity index (χ4n) is 4.32. The lowest BCUT2D eigenvalue weighted by Gasteiger charge is -2.26. The molecule has 0 saturated carbocycles. The highest BCUT2D eigenvalue weighted by atomic mass is 32.2. The number of carbonyl (C=O) groups excluding carboxylic acids is 2. The van der Waals surface area contributed by atoms with Crippen molar-refractivity contribution in [2.24, 2.45) is 0 Å². The quantitative estimate of drug-likeness (QED) is 0.746. The lowest BCUT2D eigenvalue weighted by atomic mass is 9.86. The van der Waals surface area contributed by atoms with Crippen molar-refractivity contribution in [1.29, 1.82) is 0 Å². The normalized spacial score (nSPS) is 18.5. The highest BCUT2D eigenvalue weighted by molar-refractivity contribution is 7.89. The van der Waals surface area contributed by atoms with E-state index in [4.69, 9.17) is 0 Å². The van der Waals surface area contributed by atoms with Gasteiger partial charge in [0, 0.05) is 25.0 Å². The van der Waals surface area contributed by atoms with Gasteiger partial charge in [-0.3, -0.25) is 9.59 Å². The number of fused-ring (bicyclic) bond motifs is 1. The lowest BCUT2D eigenvalue weighted by molar-refractivity contribution is -0.124. The van der Waals surface area contributed by atoms with Crippen LogP contribution in [0, 0.1) is 6.92 Å². The van der Waals surface area contributed by atoms with Crippen LogP contribution in [-0.4, -0.2) is 49.2 Å². The first-order chi connectivity index (χ1) is 15.1. The van der Waals surface area contributed by atoms with Gasteiger partial charge in [0.2, 0.25) is 21.8 Å². The summed E-state index contributed by atoms with van der Waals surface area (Å²) in [7, 11) is -3.62. The predicted octanol–water partition coefficient (Wildman–Crippen LogP) is 2.83. The molecule has 0 bridgehead atoms. The molecule has 1 aromatic carbocycles. The Balaban J connectivity index is 1.60. The van der Waals surface area contributed by atoms with Crippen molar-refractivity contribution in [3.63, 3.8) is 0 Å². The van der Waals surface area contributed by atoms with Crippen LogP contribution in [0.25, 0.3) is 0 Å². The number of aromatic nitrogens is 1. The van der Waals surface area contributed by atoms with Crippen LogP contribution < -0.4 is 10.2 Å². The second-order valence-corrected chi connectivity index (χ2v) is 10.9. The van der Waals surface area contributed by atoms with E-state index in [1.807, 2.05) is 13.0 Å². The van der Waals surface area contributed by atoms with Crippen LogP contribution in [0.4, 0.5) is 11.5 Å². The van der Waals surface area contributed by atoms with E-state index in [1.54, 1.807) is 38.2 Å². The number of rotatable bonds is 5. The largest absolute Gasteiger partial charge is 0.309 e. The molecule has 32 heavy (non-hydrogen) atoms. The molecule has 0 aliphatic carbocycles. The molecule has 0 atom stereocenters. The lowest BCUT2D eigenvalue weighted by Crippen LogP contribution is -2.40. The molecule has 0 spiro atoms. The molecule has 1 fully saturated rings. The molecule has 2 amide bonds. The summed E-state index contributed by atoms with van der Waals surface area (Å²) in [6, 6.07) is 8.34. The molecule has 0 radical (unpaired) electrons. The summed E-state index contributed by atoms with van der Waals surface area (Å²) in [5.41, 5.74) is 1.19. The zero-order valence-corrected chi connectivity index (χ0v) is 19.4. The predicted molar refractivity (Wildman–Crippen MR) is 122 cm³/mol. The highest BCUT2D eigenvalue weighted by Crippen LogP contribution is 2.42. The highest BCUT2D eigenvalue weighted by Gasteiger charge is 2.45. The van der Waals surface area contributed by atoms with Gasteiger partial charge in [0.15, 0.2) is 0 Å². The Labute approximate surface area is 188 Å². The van der Waals surface area contributed by atoms with E-state index in [9.17, 15) is 18.0 Å². The summed E-state index contributed by atoms with van der Waals surface area (Å²) in [5.74, 6) is -0.193. The standard InChI is InChI=1S/C23H28N4O4S/c1-16-9-10-24-20(13-16)25-21(28)15-27-19-8-7-17(14-18(19)23(2,3)22(27)29)32(30,31)26-11-5-4-6-12-26/h7-10,13-14H,4-6,11-12,15H2,1-3H3,(H,24,25,28). The maximum atomic E-state index is 13.2. The monoisotopic (exact) mass is 456 g/mol. The fraction of sp³-hybridized carbons (Fsp3) is 0.435. The van der Waals surface area contributed by atoms with Crippen LogP contribution in [0.5, 0.6) is 0 Å². The Morgan fingerprint density at radius 2 is 1.84 bits per heavy atom. The van der Waals surface area contributed by atoms with Crippen LogP contribution in [0.2, 0.25) is 0 Å².